The molecule has 4 N–H and O–H groups in total. The molecule has 0 atom stereocenters. The molecule has 1 fully saturated rings. The second kappa shape index (κ2) is 4.57. The summed E-state index contributed by atoms with van der Waals surface area (Å²) in [6.07, 6.45) is 2.41. The number of primary amides is 1. The Bertz CT molecular complexity index is 515. The van der Waals surface area contributed by atoms with Crippen molar-refractivity contribution < 1.29 is 9.53 Å². The summed E-state index contributed by atoms with van der Waals surface area (Å²) in [5.41, 5.74) is 11.7. The van der Waals surface area contributed by atoms with Crippen molar-refractivity contribution in [3.8, 4) is 11.8 Å². The van der Waals surface area contributed by atoms with E-state index in [-0.39, 0.29) is 11.0 Å². The van der Waals surface area contributed by atoms with Crippen LogP contribution < -0.4 is 16.2 Å². The van der Waals surface area contributed by atoms with Crippen LogP contribution in [0.1, 0.15) is 29.6 Å². The molecule has 5 heteroatoms. The first-order valence-corrected chi connectivity index (χ1v) is 5.76. The number of rotatable bonds is 5. The first-order chi connectivity index (χ1) is 8.58. The van der Waals surface area contributed by atoms with Crippen LogP contribution in [0.4, 0.5) is 5.69 Å². The Balaban J connectivity index is 2.14. The predicted molar refractivity (Wildman–Crippen MR) is 66.8 cm³/mol. The Kier molecular flexibility index (Phi) is 3.11. The van der Waals surface area contributed by atoms with Crippen molar-refractivity contribution in [3.05, 3.63) is 23.8 Å². The van der Waals surface area contributed by atoms with Gasteiger partial charge in [0.15, 0.2) is 5.75 Å². The van der Waals surface area contributed by atoms with Gasteiger partial charge in [-0.2, -0.15) is 5.26 Å². The van der Waals surface area contributed by atoms with Crippen molar-refractivity contribution in [2.24, 2.45) is 11.1 Å². The second-order valence-corrected chi connectivity index (χ2v) is 4.71. The van der Waals surface area contributed by atoms with Crippen LogP contribution in [0.2, 0.25) is 0 Å². The van der Waals surface area contributed by atoms with Gasteiger partial charge < -0.3 is 16.2 Å². The van der Waals surface area contributed by atoms with E-state index < -0.39 is 5.91 Å². The lowest BCUT2D eigenvalue weighted by Crippen LogP contribution is -2.18. The highest BCUT2D eigenvalue weighted by atomic mass is 16.5. The molecular formula is C13H15N3O2. The van der Waals surface area contributed by atoms with Gasteiger partial charge in [-0.1, -0.05) is 6.07 Å². The molecule has 0 bridgehead atoms. The van der Waals surface area contributed by atoms with Gasteiger partial charge in [0.25, 0.3) is 5.91 Å². The number of carbonyl (C=O) groups excluding carboxylic acids is 1. The van der Waals surface area contributed by atoms with Crippen molar-refractivity contribution in [3.63, 3.8) is 0 Å². The van der Waals surface area contributed by atoms with Crippen LogP contribution in [0.25, 0.3) is 0 Å². The van der Waals surface area contributed by atoms with Gasteiger partial charge in [-0.05, 0) is 25.0 Å². The number of nitrogens with zero attached hydrogens (tertiary/aromatic N) is 1. The molecule has 0 unspecified atom stereocenters. The lowest BCUT2D eigenvalue weighted by Gasteiger charge is -2.16. The number of nitrogen functional groups attached to an aromatic ring is 1. The molecule has 1 aromatic rings. The number of hydrogen-bond acceptors (Lipinski definition) is 4. The van der Waals surface area contributed by atoms with Crippen LogP contribution in [-0.4, -0.2) is 12.5 Å². The summed E-state index contributed by atoms with van der Waals surface area (Å²) in [6.45, 7) is 0.398. The number of carbonyl (C=O) groups is 1. The molecule has 1 amide bonds. The fraction of sp³-hybridized carbons (Fsp3) is 0.385. The molecule has 1 aromatic carbocycles. The molecule has 1 aliphatic carbocycles. The van der Waals surface area contributed by atoms with E-state index in [1.54, 1.807) is 18.2 Å². The first kappa shape index (κ1) is 12.2. The van der Waals surface area contributed by atoms with Crippen molar-refractivity contribution >= 4 is 11.6 Å². The Labute approximate surface area is 105 Å². The Morgan fingerprint density at radius 2 is 2.22 bits per heavy atom. The van der Waals surface area contributed by atoms with Crippen molar-refractivity contribution in [2.75, 3.05) is 12.3 Å². The number of hydrogen-bond donors (Lipinski definition) is 2. The van der Waals surface area contributed by atoms with E-state index in [1.807, 2.05) is 0 Å². The number of benzene rings is 1. The highest BCUT2D eigenvalue weighted by molar-refractivity contribution is 5.97. The fourth-order valence-corrected chi connectivity index (χ4v) is 1.85. The molecular weight excluding hydrogens is 230 g/mol. The molecule has 0 aliphatic heterocycles. The van der Waals surface area contributed by atoms with Crippen molar-refractivity contribution in [2.45, 2.75) is 19.3 Å². The minimum absolute atomic E-state index is 0.0635. The van der Waals surface area contributed by atoms with Crippen molar-refractivity contribution in [1.29, 1.82) is 5.26 Å². The van der Waals surface area contributed by atoms with E-state index in [0.29, 0.717) is 24.5 Å². The highest BCUT2D eigenvalue weighted by Crippen LogP contribution is 2.49. The molecule has 18 heavy (non-hydrogen) atoms. The molecule has 94 valence electrons. The number of para-hydroxylation sites is 1. The van der Waals surface area contributed by atoms with Crippen LogP contribution in [0.3, 0.4) is 0 Å². The smallest absolute Gasteiger partial charge is 0.252 e. The zero-order valence-corrected chi connectivity index (χ0v) is 9.98. The average molecular weight is 245 g/mol. The molecule has 0 spiro atoms. The van der Waals surface area contributed by atoms with Gasteiger partial charge in [-0.15, -0.1) is 0 Å². The summed E-state index contributed by atoms with van der Waals surface area (Å²) < 4.78 is 5.63. The number of ether oxygens (including phenoxy) is 1. The van der Waals surface area contributed by atoms with E-state index in [9.17, 15) is 4.79 Å². The standard InChI is InChI=1S/C13H15N3O2/c14-7-6-13(4-5-13)8-18-11-9(12(16)17)2-1-3-10(11)15/h1-3H,4-6,8,15H2,(H2,16,17). The van der Waals surface area contributed by atoms with Gasteiger partial charge >= 0.3 is 0 Å². The summed E-state index contributed by atoms with van der Waals surface area (Å²) in [5.74, 6) is -0.239. The van der Waals surface area contributed by atoms with Gasteiger partial charge in [0.1, 0.15) is 0 Å². The van der Waals surface area contributed by atoms with Gasteiger partial charge in [-0.25, -0.2) is 0 Å². The van der Waals surface area contributed by atoms with Gasteiger partial charge in [0.2, 0.25) is 0 Å². The van der Waals surface area contributed by atoms with E-state index in [0.717, 1.165) is 12.8 Å². The normalized spacial score (nSPS) is 15.7. The highest BCUT2D eigenvalue weighted by Gasteiger charge is 2.43. The van der Waals surface area contributed by atoms with Gasteiger partial charge in [-0.3, -0.25) is 4.79 Å². The maximum Gasteiger partial charge on any atom is 0.252 e. The molecule has 0 radical (unpaired) electrons. The lowest BCUT2D eigenvalue weighted by molar-refractivity contribution is 0.0995. The third-order valence-corrected chi connectivity index (χ3v) is 3.24. The van der Waals surface area contributed by atoms with E-state index >= 15 is 0 Å². The third-order valence-electron chi connectivity index (χ3n) is 3.24. The molecule has 0 saturated heterocycles. The van der Waals surface area contributed by atoms with Crippen LogP contribution >= 0.6 is 0 Å². The first-order valence-electron chi connectivity index (χ1n) is 5.76. The minimum Gasteiger partial charge on any atom is -0.490 e. The quantitative estimate of drug-likeness (QED) is 0.766. The predicted octanol–water partition coefficient (Wildman–Crippen LogP) is 1.44. The number of amides is 1. The number of anilines is 1. The molecule has 1 aliphatic rings. The monoisotopic (exact) mass is 245 g/mol. The van der Waals surface area contributed by atoms with Gasteiger partial charge in [0.05, 0.1) is 23.9 Å². The zero-order valence-electron chi connectivity index (χ0n) is 9.98. The number of nitriles is 1. The molecule has 0 heterocycles. The Morgan fingerprint density at radius 1 is 1.50 bits per heavy atom. The zero-order chi connectivity index (χ0) is 13.2. The summed E-state index contributed by atoms with van der Waals surface area (Å²) in [7, 11) is 0. The summed E-state index contributed by atoms with van der Waals surface area (Å²) in [4.78, 5) is 11.3. The van der Waals surface area contributed by atoms with E-state index in [4.69, 9.17) is 21.5 Å². The van der Waals surface area contributed by atoms with Crippen LogP contribution in [0.15, 0.2) is 18.2 Å². The third kappa shape index (κ3) is 2.38. The second-order valence-electron chi connectivity index (χ2n) is 4.71. The van der Waals surface area contributed by atoms with Crippen LogP contribution in [-0.2, 0) is 0 Å². The lowest BCUT2D eigenvalue weighted by atomic mass is 10.1. The van der Waals surface area contributed by atoms with E-state index in [1.165, 1.54) is 0 Å². The molecule has 5 nitrogen and oxygen atoms in total. The Morgan fingerprint density at radius 3 is 2.78 bits per heavy atom. The van der Waals surface area contributed by atoms with E-state index in [2.05, 4.69) is 6.07 Å². The Hall–Kier alpha value is -2.22. The number of nitrogens with two attached hydrogens (primary N) is 2. The van der Waals surface area contributed by atoms with Gasteiger partial charge in [0, 0.05) is 11.8 Å². The molecule has 1 saturated carbocycles. The fourth-order valence-electron chi connectivity index (χ4n) is 1.85. The summed E-state index contributed by atoms with van der Waals surface area (Å²) in [5, 5.41) is 8.73. The van der Waals surface area contributed by atoms with Crippen LogP contribution in [0, 0.1) is 16.7 Å². The molecule has 0 aromatic heterocycles. The van der Waals surface area contributed by atoms with Crippen LogP contribution in [0.5, 0.6) is 5.75 Å². The maximum absolute atomic E-state index is 11.3. The topological polar surface area (TPSA) is 102 Å². The SMILES string of the molecule is N#CCC1(COc2c(N)cccc2C(N)=O)CC1. The minimum atomic E-state index is -0.567. The molecule has 2 rings (SSSR count). The average Bonchev–Trinajstić information content (AvgIpc) is 3.08. The summed E-state index contributed by atoms with van der Waals surface area (Å²) in [6, 6.07) is 7.05. The summed E-state index contributed by atoms with van der Waals surface area (Å²) >= 11 is 0. The maximum atomic E-state index is 11.3. The van der Waals surface area contributed by atoms with Crippen molar-refractivity contribution in [1.82, 2.24) is 0 Å². The largest absolute Gasteiger partial charge is 0.490 e.